The third-order valence-corrected chi connectivity index (χ3v) is 3.34. The first-order valence-electron chi connectivity index (χ1n) is 5.59. The van der Waals surface area contributed by atoms with Gasteiger partial charge in [0, 0.05) is 11.9 Å². The highest BCUT2D eigenvalue weighted by Gasteiger charge is 2.15. The number of nitrogens with two attached hydrogens (primary N) is 1. The van der Waals surface area contributed by atoms with Crippen molar-refractivity contribution in [3.05, 3.63) is 31.2 Å². The Balaban J connectivity index is 2.71. The van der Waals surface area contributed by atoms with Gasteiger partial charge >= 0.3 is 5.69 Å². The van der Waals surface area contributed by atoms with Crippen LogP contribution in [0.15, 0.2) is 15.0 Å². The van der Waals surface area contributed by atoms with Gasteiger partial charge in [-0.05, 0) is 13.3 Å². The van der Waals surface area contributed by atoms with Crippen molar-refractivity contribution in [2.75, 3.05) is 5.73 Å². The molecule has 0 unspecified atom stereocenters. The molecule has 0 aliphatic heterocycles. The number of hydrogen-bond acceptors (Lipinski definition) is 5. The monoisotopic (exact) mass is 266 g/mol. The van der Waals surface area contributed by atoms with E-state index < -0.39 is 11.2 Å². The number of hydrogen-bond donors (Lipinski definition) is 2. The van der Waals surface area contributed by atoms with E-state index in [9.17, 15) is 9.59 Å². The maximum atomic E-state index is 11.8. The molecule has 0 amide bonds. The number of nitrogen functional groups attached to an aromatic ring is 1. The van der Waals surface area contributed by atoms with Crippen molar-refractivity contribution in [2.24, 2.45) is 0 Å². The highest BCUT2D eigenvalue weighted by molar-refractivity contribution is 7.09. The van der Waals surface area contributed by atoms with E-state index in [1.54, 1.807) is 5.38 Å². The van der Waals surface area contributed by atoms with Gasteiger partial charge in [-0.1, -0.05) is 6.92 Å². The van der Waals surface area contributed by atoms with Crippen LogP contribution in [0.4, 0.5) is 5.82 Å². The fourth-order valence-corrected chi connectivity index (χ4v) is 2.36. The van der Waals surface area contributed by atoms with Crippen LogP contribution >= 0.6 is 11.3 Å². The van der Waals surface area contributed by atoms with Crippen LogP contribution in [-0.4, -0.2) is 14.5 Å². The van der Waals surface area contributed by atoms with Crippen molar-refractivity contribution in [3.63, 3.8) is 0 Å². The van der Waals surface area contributed by atoms with Crippen molar-refractivity contribution in [2.45, 2.75) is 26.8 Å². The van der Waals surface area contributed by atoms with Crippen LogP contribution in [0.2, 0.25) is 0 Å². The van der Waals surface area contributed by atoms with Gasteiger partial charge in [-0.15, -0.1) is 11.3 Å². The first kappa shape index (κ1) is 12.6. The first-order chi connectivity index (χ1) is 8.54. The normalized spacial score (nSPS) is 10.8. The van der Waals surface area contributed by atoms with Crippen LogP contribution in [0.1, 0.15) is 18.4 Å². The van der Waals surface area contributed by atoms with Gasteiger partial charge in [-0.25, -0.2) is 9.78 Å². The molecule has 6 nitrogen and oxygen atoms in total. The molecule has 0 aliphatic rings. The zero-order valence-electron chi connectivity index (χ0n) is 10.2. The van der Waals surface area contributed by atoms with Crippen LogP contribution < -0.4 is 17.0 Å². The maximum Gasteiger partial charge on any atom is 0.329 e. The summed E-state index contributed by atoms with van der Waals surface area (Å²) in [7, 11) is 0. The molecule has 0 aliphatic carbocycles. The summed E-state index contributed by atoms with van der Waals surface area (Å²) in [6.07, 6.45) is 0.756. The average molecular weight is 266 g/mol. The minimum Gasteiger partial charge on any atom is -0.384 e. The first-order valence-corrected chi connectivity index (χ1v) is 6.47. The van der Waals surface area contributed by atoms with Crippen molar-refractivity contribution in [3.8, 4) is 11.3 Å². The molecular formula is C11H14N4O2S. The minimum absolute atomic E-state index is 0.177. The lowest BCUT2D eigenvalue weighted by Crippen LogP contribution is -2.33. The molecule has 0 radical (unpaired) electrons. The number of aromatic amines is 1. The molecule has 7 heteroatoms. The number of aromatic nitrogens is 3. The molecule has 0 saturated heterocycles. The molecule has 0 saturated carbocycles. The highest BCUT2D eigenvalue weighted by atomic mass is 32.1. The van der Waals surface area contributed by atoms with Gasteiger partial charge in [-0.3, -0.25) is 14.3 Å². The standard InChI is InChI=1S/C11H14N4O2S/c1-3-4-15-9(12)8(10(16)14-11(15)17)7-5-18-6(2)13-7/h5H,3-4,12H2,1-2H3,(H,14,16,17). The summed E-state index contributed by atoms with van der Waals surface area (Å²) in [6.45, 7) is 4.25. The second kappa shape index (κ2) is 4.77. The average Bonchev–Trinajstić information content (AvgIpc) is 2.70. The molecule has 2 aromatic rings. The van der Waals surface area contributed by atoms with E-state index in [-0.39, 0.29) is 11.4 Å². The van der Waals surface area contributed by atoms with Crippen LogP contribution in [0.5, 0.6) is 0 Å². The molecule has 2 heterocycles. The van der Waals surface area contributed by atoms with Crippen LogP contribution in [0.3, 0.4) is 0 Å². The molecule has 0 bridgehead atoms. The van der Waals surface area contributed by atoms with Gasteiger partial charge in [-0.2, -0.15) is 0 Å². The fourth-order valence-electron chi connectivity index (χ4n) is 1.76. The Morgan fingerprint density at radius 1 is 1.50 bits per heavy atom. The van der Waals surface area contributed by atoms with E-state index in [0.717, 1.165) is 11.4 Å². The SMILES string of the molecule is CCCn1c(N)c(-c2csc(C)n2)c(=O)[nH]c1=O. The summed E-state index contributed by atoms with van der Waals surface area (Å²) in [5.41, 5.74) is 5.74. The number of aryl methyl sites for hydroxylation is 1. The van der Waals surface area contributed by atoms with Gasteiger partial charge in [0.2, 0.25) is 0 Å². The van der Waals surface area contributed by atoms with Crippen LogP contribution in [-0.2, 0) is 6.54 Å². The van der Waals surface area contributed by atoms with E-state index in [0.29, 0.717) is 12.2 Å². The molecule has 0 atom stereocenters. The highest BCUT2D eigenvalue weighted by Crippen LogP contribution is 2.22. The Hall–Kier alpha value is -1.89. The summed E-state index contributed by atoms with van der Waals surface area (Å²) in [5.74, 6) is 0.177. The lowest BCUT2D eigenvalue weighted by molar-refractivity contribution is 0.642. The van der Waals surface area contributed by atoms with Crippen LogP contribution in [0, 0.1) is 6.92 Å². The van der Waals surface area contributed by atoms with E-state index in [1.165, 1.54) is 15.9 Å². The lowest BCUT2D eigenvalue weighted by Gasteiger charge is -2.10. The zero-order valence-corrected chi connectivity index (χ0v) is 11.0. The second-order valence-electron chi connectivity index (χ2n) is 3.92. The number of thiazole rings is 1. The maximum absolute atomic E-state index is 11.8. The van der Waals surface area contributed by atoms with E-state index in [2.05, 4.69) is 9.97 Å². The smallest absolute Gasteiger partial charge is 0.329 e. The van der Waals surface area contributed by atoms with Gasteiger partial charge in [0.15, 0.2) is 0 Å². The van der Waals surface area contributed by atoms with Gasteiger partial charge < -0.3 is 5.73 Å². The van der Waals surface area contributed by atoms with Crippen molar-refractivity contribution < 1.29 is 0 Å². The van der Waals surface area contributed by atoms with Crippen molar-refractivity contribution in [1.29, 1.82) is 0 Å². The Morgan fingerprint density at radius 3 is 2.78 bits per heavy atom. The Labute approximate surface area is 107 Å². The number of nitrogens with zero attached hydrogens (tertiary/aromatic N) is 2. The molecule has 2 rings (SSSR count). The number of anilines is 1. The van der Waals surface area contributed by atoms with Crippen molar-refractivity contribution >= 4 is 17.2 Å². The summed E-state index contributed by atoms with van der Waals surface area (Å²) >= 11 is 1.43. The molecule has 0 spiro atoms. The minimum atomic E-state index is -0.491. The zero-order chi connectivity index (χ0) is 13.3. The molecule has 0 aromatic carbocycles. The van der Waals surface area contributed by atoms with E-state index >= 15 is 0 Å². The third-order valence-electron chi connectivity index (χ3n) is 2.56. The van der Waals surface area contributed by atoms with Crippen molar-refractivity contribution in [1.82, 2.24) is 14.5 Å². The third kappa shape index (κ3) is 2.08. The Bertz CT molecular complexity index is 683. The molecule has 0 fully saturated rings. The lowest BCUT2D eigenvalue weighted by atomic mass is 10.2. The number of H-pyrrole nitrogens is 1. The second-order valence-corrected chi connectivity index (χ2v) is 4.99. The summed E-state index contributed by atoms with van der Waals surface area (Å²) in [5, 5.41) is 2.61. The molecular weight excluding hydrogens is 252 g/mol. The summed E-state index contributed by atoms with van der Waals surface area (Å²) in [6, 6.07) is 0. The van der Waals surface area contributed by atoms with Gasteiger partial charge in [0.25, 0.3) is 5.56 Å². The Kier molecular flexibility index (Phi) is 3.33. The van der Waals surface area contributed by atoms with E-state index in [1.807, 2.05) is 13.8 Å². The van der Waals surface area contributed by atoms with Gasteiger partial charge in [0.1, 0.15) is 11.4 Å². The van der Waals surface area contributed by atoms with Gasteiger partial charge in [0.05, 0.1) is 10.7 Å². The summed E-state index contributed by atoms with van der Waals surface area (Å²) < 4.78 is 1.37. The molecule has 2 aromatic heterocycles. The van der Waals surface area contributed by atoms with Crippen LogP contribution in [0.25, 0.3) is 11.3 Å². The largest absolute Gasteiger partial charge is 0.384 e. The quantitative estimate of drug-likeness (QED) is 0.865. The summed E-state index contributed by atoms with van der Waals surface area (Å²) in [4.78, 5) is 30.0. The molecule has 96 valence electrons. The number of rotatable bonds is 3. The molecule has 3 N–H and O–H groups in total. The molecule has 18 heavy (non-hydrogen) atoms. The predicted molar refractivity (Wildman–Crippen MR) is 71.9 cm³/mol. The Morgan fingerprint density at radius 2 is 2.22 bits per heavy atom. The predicted octanol–water partition coefficient (Wildman–Crippen LogP) is 0.961. The number of nitrogens with one attached hydrogen (secondary N) is 1. The topological polar surface area (TPSA) is 93.8 Å². The van der Waals surface area contributed by atoms with E-state index in [4.69, 9.17) is 5.73 Å². The fraction of sp³-hybridized carbons (Fsp3) is 0.364.